The van der Waals surface area contributed by atoms with E-state index in [9.17, 15) is 14.2 Å². The number of para-hydroxylation sites is 1. The van der Waals surface area contributed by atoms with Crippen LogP contribution in [0.5, 0.6) is 5.75 Å². The van der Waals surface area contributed by atoms with Crippen molar-refractivity contribution in [3.05, 3.63) is 30.3 Å². The summed E-state index contributed by atoms with van der Waals surface area (Å²) in [5, 5.41) is 0. The fourth-order valence-corrected chi connectivity index (χ4v) is 8.40. The minimum atomic E-state index is -3.99. The van der Waals surface area contributed by atoms with Gasteiger partial charge in [0.05, 0.1) is 6.61 Å². The molecule has 0 aliphatic rings. The summed E-state index contributed by atoms with van der Waals surface area (Å²) in [4.78, 5) is 25.6. The van der Waals surface area contributed by atoms with E-state index in [0.717, 1.165) is 38.5 Å². The number of carbonyl (C=O) groups excluding carboxylic acids is 2. The minimum absolute atomic E-state index is 0.177. The molecule has 1 aromatic carbocycles. The molecule has 0 aliphatic carbocycles. The first kappa shape index (κ1) is 48.7. The quantitative estimate of drug-likeness (QED) is 0.0285. The third-order valence-electron chi connectivity index (χ3n) is 9.12. The lowest BCUT2D eigenvalue weighted by Crippen LogP contribution is -2.33. The number of esters is 2. The summed E-state index contributed by atoms with van der Waals surface area (Å²) in [7, 11) is -3.99. The molecule has 0 saturated carbocycles. The molecule has 8 nitrogen and oxygen atoms in total. The first-order valence-corrected chi connectivity index (χ1v) is 23.2. The second-order valence-corrected chi connectivity index (χ2v) is 16.6. The van der Waals surface area contributed by atoms with E-state index < -0.39 is 19.8 Å². The molecule has 0 saturated heterocycles. The highest BCUT2D eigenvalue weighted by Crippen LogP contribution is 2.52. The zero-order valence-corrected chi connectivity index (χ0v) is 35.1. The summed E-state index contributed by atoms with van der Waals surface area (Å²) in [5.41, 5.74) is 0. The molecule has 0 amide bonds. The molecule has 302 valence electrons. The third kappa shape index (κ3) is 26.5. The number of unbranched alkanes of at least 4 members (excludes halogenated alkanes) is 20. The van der Waals surface area contributed by atoms with Crippen LogP contribution >= 0.6 is 30.9 Å². The number of nitrogens with zero attached hydrogens (tertiary/aromatic N) is 1. The van der Waals surface area contributed by atoms with Crippen molar-refractivity contribution in [3.8, 4) is 5.75 Å². The molecule has 0 N–H and O–H groups in total. The lowest BCUT2D eigenvalue weighted by Gasteiger charge is -2.30. The zero-order chi connectivity index (χ0) is 38.0. The molecular weight excluding hydrogens is 720 g/mol. The molecule has 1 rings (SSSR count). The molecule has 0 radical (unpaired) electrons. The molecule has 0 aromatic heterocycles. The van der Waals surface area contributed by atoms with Crippen LogP contribution < -0.4 is 4.52 Å². The van der Waals surface area contributed by atoms with Crippen LogP contribution in [0.1, 0.15) is 168 Å². The van der Waals surface area contributed by atoms with E-state index in [0.29, 0.717) is 12.2 Å². The molecule has 52 heavy (non-hydrogen) atoms. The molecular formula is C41H72Cl2NO7P. The minimum Gasteiger partial charge on any atom is -0.462 e. The Balaban J connectivity index is 2.67. The van der Waals surface area contributed by atoms with Gasteiger partial charge in [-0.05, 0) is 25.0 Å². The highest BCUT2D eigenvalue weighted by Gasteiger charge is 2.36. The second-order valence-electron chi connectivity index (χ2n) is 13.9. The van der Waals surface area contributed by atoms with Gasteiger partial charge in [0, 0.05) is 37.7 Å². The normalized spacial score (nSPS) is 13.2. The molecule has 0 unspecified atom stereocenters. The maximum Gasteiger partial charge on any atom is 0.461 e. The topological polar surface area (TPSA) is 91.4 Å². The third-order valence-corrected chi connectivity index (χ3v) is 11.5. The average Bonchev–Trinajstić information content (AvgIpc) is 3.14. The molecule has 0 aliphatic heterocycles. The first-order valence-electron chi connectivity index (χ1n) is 20.6. The molecule has 0 spiro atoms. The zero-order valence-electron chi connectivity index (χ0n) is 32.7. The predicted octanol–water partition coefficient (Wildman–Crippen LogP) is 12.8. The van der Waals surface area contributed by atoms with E-state index in [4.69, 9.17) is 41.7 Å². The summed E-state index contributed by atoms with van der Waals surface area (Å²) >= 11 is 12.1. The van der Waals surface area contributed by atoms with Gasteiger partial charge in [-0.1, -0.05) is 160 Å². The van der Waals surface area contributed by atoms with E-state index in [1.807, 2.05) is 6.07 Å². The predicted molar refractivity (Wildman–Crippen MR) is 217 cm³/mol. The highest BCUT2D eigenvalue weighted by molar-refractivity contribution is 7.51. The maximum absolute atomic E-state index is 14.2. The SMILES string of the molecule is CCCCCCCCCCCCCC(=O)OC[C@@H](CO[P@](=O)(Oc1ccccc1)N(CCCl)CCCl)OC(=O)CCCCCCCCCCCCC. The molecule has 0 bridgehead atoms. The number of alkyl halides is 2. The fraction of sp³-hybridized carbons (Fsp3) is 0.805. The van der Waals surface area contributed by atoms with Crippen LogP contribution in [0.4, 0.5) is 0 Å². The lowest BCUT2D eigenvalue weighted by molar-refractivity contribution is -0.161. The van der Waals surface area contributed by atoms with Crippen LogP contribution in [0.15, 0.2) is 30.3 Å². The standard InChI is InChI=1S/C41H72Cl2NO7P/c1-3-5-7-9-11-13-15-17-19-21-26-30-40(45)48-36-39(50-41(46)31-27-22-20-18-16-14-12-10-8-6-4-2)37-49-52(47,44(34-32-42)35-33-43)51-38-28-24-23-25-29-38/h23-25,28-29,39H,3-22,26-27,30-37H2,1-2H3/t39-,52-/m0/s1. The van der Waals surface area contributed by atoms with Crippen molar-refractivity contribution in [2.75, 3.05) is 38.1 Å². The van der Waals surface area contributed by atoms with E-state index in [1.54, 1.807) is 24.3 Å². The van der Waals surface area contributed by atoms with Crippen molar-refractivity contribution < 1.29 is 32.7 Å². The van der Waals surface area contributed by atoms with Crippen molar-refractivity contribution in [2.45, 2.75) is 174 Å². The largest absolute Gasteiger partial charge is 0.462 e. The maximum atomic E-state index is 14.2. The van der Waals surface area contributed by atoms with E-state index in [1.165, 1.54) is 107 Å². The Bertz CT molecular complexity index is 1030. The Morgan fingerprint density at radius 2 is 1.04 bits per heavy atom. The van der Waals surface area contributed by atoms with Crippen molar-refractivity contribution in [1.29, 1.82) is 0 Å². The van der Waals surface area contributed by atoms with Gasteiger partial charge in [0.2, 0.25) is 0 Å². The van der Waals surface area contributed by atoms with Gasteiger partial charge in [-0.2, -0.15) is 4.67 Å². The highest BCUT2D eigenvalue weighted by atomic mass is 35.5. The van der Waals surface area contributed by atoms with Crippen molar-refractivity contribution >= 4 is 42.9 Å². The monoisotopic (exact) mass is 791 g/mol. The van der Waals surface area contributed by atoms with E-state index in [2.05, 4.69) is 13.8 Å². The van der Waals surface area contributed by atoms with Crippen LogP contribution in [0.3, 0.4) is 0 Å². The molecule has 1 aromatic rings. The number of halogens is 2. The molecule has 2 atom stereocenters. The van der Waals surface area contributed by atoms with Gasteiger partial charge in [-0.15, -0.1) is 23.2 Å². The number of carbonyl (C=O) groups is 2. The van der Waals surface area contributed by atoms with Gasteiger partial charge < -0.3 is 14.0 Å². The van der Waals surface area contributed by atoms with Gasteiger partial charge in [0.25, 0.3) is 0 Å². The Kier molecular flexibility index (Phi) is 32.0. The lowest BCUT2D eigenvalue weighted by atomic mass is 10.1. The Hall–Kier alpha value is -1.31. The second kappa shape index (κ2) is 34.2. The smallest absolute Gasteiger partial charge is 0.461 e. The van der Waals surface area contributed by atoms with Gasteiger partial charge in [0.15, 0.2) is 6.10 Å². The number of benzene rings is 1. The van der Waals surface area contributed by atoms with Crippen LogP contribution in [0.25, 0.3) is 0 Å². The Labute approximate surface area is 327 Å². The summed E-state index contributed by atoms with van der Waals surface area (Å²) in [6.07, 6.45) is 25.7. The van der Waals surface area contributed by atoms with Gasteiger partial charge in [-0.25, -0.2) is 4.57 Å². The van der Waals surface area contributed by atoms with Crippen LogP contribution in [0.2, 0.25) is 0 Å². The Morgan fingerprint density at radius 1 is 0.615 bits per heavy atom. The van der Waals surface area contributed by atoms with Crippen LogP contribution in [-0.2, 0) is 28.2 Å². The van der Waals surface area contributed by atoms with Gasteiger partial charge in [0.1, 0.15) is 12.4 Å². The number of ether oxygens (including phenoxy) is 2. The average molecular weight is 793 g/mol. The van der Waals surface area contributed by atoms with Gasteiger partial charge in [-0.3, -0.25) is 14.1 Å². The van der Waals surface area contributed by atoms with E-state index >= 15 is 0 Å². The Morgan fingerprint density at radius 3 is 1.48 bits per heavy atom. The van der Waals surface area contributed by atoms with Crippen LogP contribution in [0, 0.1) is 0 Å². The number of rotatable bonds is 37. The van der Waals surface area contributed by atoms with E-state index in [-0.39, 0.29) is 50.5 Å². The molecule has 0 fully saturated rings. The molecule has 11 heteroatoms. The van der Waals surface area contributed by atoms with Crippen molar-refractivity contribution in [2.24, 2.45) is 0 Å². The summed E-state index contributed by atoms with van der Waals surface area (Å²) < 4.78 is 38.9. The fourth-order valence-electron chi connectivity index (χ4n) is 6.00. The summed E-state index contributed by atoms with van der Waals surface area (Å²) in [5.74, 6) is -0.0455. The number of hydrogen-bond donors (Lipinski definition) is 0. The molecule has 0 heterocycles. The summed E-state index contributed by atoms with van der Waals surface area (Å²) in [6.45, 7) is 4.40. The van der Waals surface area contributed by atoms with Crippen molar-refractivity contribution in [3.63, 3.8) is 0 Å². The summed E-state index contributed by atoms with van der Waals surface area (Å²) in [6, 6.07) is 8.71. The van der Waals surface area contributed by atoms with Gasteiger partial charge >= 0.3 is 19.7 Å². The van der Waals surface area contributed by atoms with Crippen LogP contribution in [-0.4, -0.2) is 60.8 Å². The van der Waals surface area contributed by atoms with Crippen molar-refractivity contribution in [1.82, 2.24) is 4.67 Å². The first-order chi connectivity index (χ1) is 25.4. The number of hydrogen-bond acceptors (Lipinski definition) is 7.